The molecule has 2 aliphatic heterocycles. The van der Waals surface area contributed by atoms with Crippen LogP contribution in [0, 0.1) is 23.7 Å². The Morgan fingerprint density at radius 1 is 0.944 bits per heavy atom. The molecule has 3 saturated carbocycles. The Morgan fingerprint density at radius 3 is 2.50 bits per heavy atom. The molecule has 2 heterocycles. The number of hydrogen-bond acceptors (Lipinski definition) is 4. The fourth-order valence-electron chi connectivity index (χ4n) is 5.15. The minimum atomic E-state index is 0.354. The van der Waals surface area contributed by atoms with E-state index < -0.39 is 0 Å². The maximum Gasteiger partial charge on any atom is 0.141 e. The highest BCUT2D eigenvalue weighted by Gasteiger charge is 2.66. The fourth-order valence-corrected chi connectivity index (χ4v) is 5.15. The first-order valence-corrected chi connectivity index (χ1v) is 7.57. The van der Waals surface area contributed by atoms with E-state index in [4.69, 9.17) is 4.84 Å². The number of nitrogens with zero attached hydrogens (tertiary/aromatic N) is 3. The van der Waals surface area contributed by atoms with E-state index in [2.05, 4.69) is 15.4 Å². The molecule has 96 valence electrons. The molecule has 0 aromatic carbocycles. The van der Waals surface area contributed by atoms with E-state index in [9.17, 15) is 0 Å². The molecule has 0 radical (unpaired) electrons. The Balaban J connectivity index is 1.44. The van der Waals surface area contributed by atoms with Gasteiger partial charge in [0.25, 0.3) is 0 Å². The minimum absolute atomic E-state index is 0.354. The normalized spacial score (nSPS) is 52.6. The van der Waals surface area contributed by atoms with Gasteiger partial charge in [0.05, 0.1) is 11.8 Å². The summed E-state index contributed by atoms with van der Waals surface area (Å²) in [5.74, 6) is 2.63. The van der Waals surface area contributed by atoms with Gasteiger partial charge in [0.2, 0.25) is 0 Å². The third-order valence-electron chi connectivity index (χ3n) is 5.99. The third-order valence-corrected chi connectivity index (χ3v) is 5.99. The zero-order valence-electron chi connectivity index (χ0n) is 10.5. The number of azo groups is 1. The molecule has 5 aliphatic rings. The first-order chi connectivity index (χ1) is 8.93. The van der Waals surface area contributed by atoms with E-state index in [1.165, 1.54) is 44.2 Å². The van der Waals surface area contributed by atoms with E-state index in [1.54, 1.807) is 0 Å². The van der Waals surface area contributed by atoms with E-state index in [0.717, 1.165) is 0 Å². The van der Waals surface area contributed by atoms with Gasteiger partial charge in [0.15, 0.2) is 0 Å². The van der Waals surface area contributed by atoms with Crippen LogP contribution in [-0.2, 0) is 4.84 Å². The van der Waals surface area contributed by atoms with E-state index in [0.29, 0.717) is 41.9 Å². The molecule has 3 aliphatic carbocycles. The van der Waals surface area contributed by atoms with Crippen molar-refractivity contribution in [3.8, 4) is 0 Å². The molecule has 0 N–H and O–H groups in total. The summed E-state index contributed by atoms with van der Waals surface area (Å²) < 4.78 is 0. The SMILES string of the molecule is C1CCC(C2=NOC3C2[C@@H]2C[C@H]3[C@H]3N=N[C@H]32)CC1. The molecule has 2 bridgehead atoms. The van der Waals surface area contributed by atoms with E-state index in [1.807, 2.05) is 0 Å². The first kappa shape index (κ1) is 9.93. The summed E-state index contributed by atoms with van der Waals surface area (Å²) in [6.45, 7) is 0. The number of hydrogen-bond donors (Lipinski definition) is 0. The lowest BCUT2D eigenvalue weighted by Crippen LogP contribution is -2.48. The summed E-state index contributed by atoms with van der Waals surface area (Å²) in [4.78, 5) is 5.82. The first-order valence-electron chi connectivity index (χ1n) is 7.57. The molecule has 0 spiro atoms. The van der Waals surface area contributed by atoms with Crippen LogP contribution >= 0.6 is 0 Å². The lowest BCUT2D eigenvalue weighted by atomic mass is 9.72. The number of fused-ring (bicyclic) bond motifs is 8. The van der Waals surface area contributed by atoms with Crippen LogP contribution in [0.2, 0.25) is 0 Å². The van der Waals surface area contributed by atoms with Gasteiger partial charge in [0, 0.05) is 17.8 Å². The van der Waals surface area contributed by atoms with Gasteiger partial charge in [-0.25, -0.2) is 0 Å². The summed E-state index contributed by atoms with van der Waals surface area (Å²) in [6, 6.07) is 1.00. The summed E-state index contributed by atoms with van der Waals surface area (Å²) in [7, 11) is 0. The van der Waals surface area contributed by atoms with Crippen molar-refractivity contribution in [2.45, 2.75) is 56.7 Å². The van der Waals surface area contributed by atoms with Crippen LogP contribution < -0.4 is 0 Å². The van der Waals surface area contributed by atoms with Gasteiger partial charge in [-0.15, -0.1) is 0 Å². The number of oxime groups is 1. The Morgan fingerprint density at radius 2 is 1.72 bits per heavy atom. The monoisotopic (exact) mass is 245 g/mol. The van der Waals surface area contributed by atoms with Crippen LogP contribution in [0.25, 0.3) is 0 Å². The Labute approximate surface area is 107 Å². The summed E-state index contributed by atoms with van der Waals surface area (Å²) in [5.41, 5.74) is 1.41. The highest BCUT2D eigenvalue weighted by atomic mass is 16.6. The highest BCUT2D eigenvalue weighted by molar-refractivity contribution is 5.91. The molecule has 0 aromatic rings. The topological polar surface area (TPSA) is 46.3 Å². The zero-order valence-corrected chi connectivity index (χ0v) is 10.5. The molecular weight excluding hydrogens is 226 g/mol. The quantitative estimate of drug-likeness (QED) is 0.700. The predicted octanol–water partition coefficient (Wildman–Crippen LogP) is 2.79. The average Bonchev–Trinajstić information content (AvgIpc) is 2.98. The smallest absolute Gasteiger partial charge is 0.141 e. The maximum absolute atomic E-state index is 5.82. The zero-order chi connectivity index (χ0) is 11.7. The van der Waals surface area contributed by atoms with Gasteiger partial charge >= 0.3 is 0 Å². The van der Waals surface area contributed by atoms with Crippen molar-refractivity contribution in [3.63, 3.8) is 0 Å². The van der Waals surface area contributed by atoms with Crippen molar-refractivity contribution in [1.82, 2.24) is 0 Å². The second-order valence-corrected chi connectivity index (χ2v) is 6.72. The van der Waals surface area contributed by atoms with Gasteiger partial charge in [-0.2, -0.15) is 10.2 Å². The Bertz CT molecular complexity index is 440. The largest absolute Gasteiger partial charge is 0.391 e. The van der Waals surface area contributed by atoms with E-state index >= 15 is 0 Å². The third kappa shape index (κ3) is 1.06. The van der Waals surface area contributed by atoms with Crippen molar-refractivity contribution in [1.29, 1.82) is 0 Å². The van der Waals surface area contributed by atoms with Crippen LogP contribution in [-0.4, -0.2) is 23.9 Å². The molecule has 6 atom stereocenters. The molecular formula is C14H19N3O. The van der Waals surface area contributed by atoms with Crippen molar-refractivity contribution < 1.29 is 4.84 Å². The van der Waals surface area contributed by atoms with Crippen molar-refractivity contribution in [3.05, 3.63) is 0 Å². The van der Waals surface area contributed by atoms with Gasteiger partial charge in [-0.3, -0.25) is 0 Å². The standard InChI is InChI=1S/C14H19N3O/c1-2-4-7(5-3-1)11-10-8-6-9(14(10)18-17-11)13-12(8)15-16-13/h7-10,12-14H,1-6H2/t8-,9-,10?,12-,13+,14?/m0/s1. The van der Waals surface area contributed by atoms with Gasteiger partial charge < -0.3 is 4.84 Å². The molecule has 3 fully saturated rings. The van der Waals surface area contributed by atoms with Crippen LogP contribution in [0.4, 0.5) is 0 Å². The molecule has 0 saturated heterocycles. The highest BCUT2D eigenvalue weighted by Crippen LogP contribution is 2.58. The summed E-state index contributed by atoms with van der Waals surface area (Å²) in [5, 5.41) is 13.2. The molecule has 18 heavy (non-hydrogen) atoms. The van der Waals surface area contributed by atoms with Crippen molar-refractivity contribution in [2.75, 3.05) is 0 Å². The van der Waals surface area contributed by atoms with Gasteiger partial charge in [0.1, 0.15) is 12.1 Å². The Kier molecular flexibility index (Phi) is 1.84. The van der Waals surface area contributed by atoms with Gasteiger partial charge in [-0.05, 0) is 25.2 Å². The molecule has 5 rings (SSSR count). The van der Waals surface area contributed by atoms with E-state index in [-0.39, 0.29) is 0 Å². The predicted molar refractivity (Wildman–Crippen MR) is 66.4 cm³/mol. The van der Waals surface area contributed by atoms with Gasteiger partial charge in [-0.1, -0.05) is 24.4 Å². The maximum atomic E-state index is 5.82. The molecule has 2 unspecified atom stereocenters. The van der Waals surface area contributed by atoms with Crippen LogP contribution in [0.1, 0.15) is 38.5 Å². The molecule has 4 nitrogen and oxygen atoms in total. The molecule has 0 amide bonds. The number of rotatable bonds is 1. The van der Waals surface area contributed by atoms with Crippen LogP contribution in [0.3, 0.4) is 0 Å². The van der Waals surface area contributed by atoms with Crippen molar-refractivity contribution in [2.24, 2.45) is 39.1 Å². The lowest BCUT2D eigenvalue weighted by Gasteiger charge is -2.37. The summed E-state index contributed by atoms with van der Waals surface area (Å²) in [6.07, 6.45) is 8.46. The summed E-state index contributed by atoms with van der Waals surface area (Å²) >= 11 is 0. The van der Waals surface area contributed by atoms with Crippen molar-refractivity contribution >= 4 is 5.71 Å². The fraction of sp³-hybridized carbons (Fsp3) is 0.929. The Hall–Kier alpha value is -0.930. The lowest BCUT2D eigenvalue weighted by molar-refractivity contribution is 0.00778. The second-order valence-electron chi connectivity index (χ2n) is 6.72. The minimum Gasteiger partial charge on any atom is -0.391 e. The molecule has 0 aromatic heterocycles. The van der Waals surface area contributed by atoms with Crippen LogP contribution in [0.15, 0.2) is 15.4 Å². The van der Waals surface area contributed by atoms with Crippen LogP contribution in [0.5, 0.6) is 0 Å². The average molecular weight is 245 g/mol. The molecule has 4 heteroatoms. The second kappa shape index (κ2) is 3.34.